The molecule has 0 aliphatic heterocycles. The second kappa shape index (κ2) is 9.84. The van der Waals surface area contributed by atoms with Gasteiger partial charge in [-0.25, -0.2) is 16.8 Å². The first-order chi connectivity index (χ1) is 15.9. The number of nitrogens with one attached hydrogen (secondary N) is 2. The molecule has 1 atom stereocenters. The molecule has 0 bridgehead atoms. The highest BCUT2D eigenvalue weighted by Gasteiger charge is 2.18. The molecule has 0 saturated heterocycles. The average Bonchev–Trinajstić information content (AvgIpc) is 2.76. The van der Waals surface area contributed by atoms with Crippen LogP contribution in [0.25, 0.3) is 0 Å². The van der Waals surface area contributed by atoms with E-state index in [4.69, 9.17) is 10.8 Å². The number of aryl methyl sites for hydroxylation is 2. The lowest BCUT2D eigenvalue weighted by Gasteiger charge is -2.14. The van der Waals surface area contributed by atoms with Crippen molar-refractivity contribution < 1.29 is 26.7 Å². The van der Waals surface area contributed by atoms with Gasteiger partial charge in [-0.15, -0.1) is 0 Å². The van der Waals surface area contributed by atoms with Gasteiger partial charge in [-0.3, -0.25) is 14.2 Å². The van der Waals surface area contributed by atoms with Gasteiger partial charge in [0.15, 0.2) is 0 Å². The molecule has 0 amide bonds. The Labute approximate surface area is 198 Å². The summed E-state index contributed by atoms with van der Waals surface area (Å²) >= 11 is 0. The predicted molar refractivity (Wildman–Crippen MR) is 130 cm³/mol. The summed E-state index contributed by atoms with van der Waals surface area (Å²) in [6, 6.07) is 15.3. The zero-order chi connectivity index (χ0) is 25.1. The molecule has 3 aromatic carbocycles. The third-order valence-corrected chi connectivity index (χ3v) is 7.90. The van der Waals surface area contributed by atoms with E-state index in [0.29, 0.717) is 5.56 Å². The van der Waals surface area contributed by atoms with Gasteiger partial charge in [-0.1, -0.05) is 23.8 Å². The molecule has 0 aliphatic rings. The molecule has 0 saturated carbocycles. The summed E-state index contributed by atoms with van der Waals surface area (Å²) in [7, 11) is -7.80. The molecule has 0 aromatic heterocycles. The van der Waals surface area contributed by atoms with Crippen LogP contribution in [0.2, 0.25) is 0 Å². The summed E-state index contributed by atoms with van der Waals surface area (Å²) in [6.07, 6.45) is 0.0482. The van der Waals surface area contributed by atoms with E-state index in [1.807, 2.05) is 6.92 Å². The molecule has 3 aromatic rings. The van der Waals surface area contributed by atoms with Crippen molar-refractivity contribution in [2.24, 2.45) is 5.73 Å². The monoisotopic (exact) mass is 503 g/mol. The zero-order valence-corrected chi connectivity index (χ0v) is 20.2. The number of carbonyl (C=O) groups is 1. The second-order valence-electron chi connectivity index (χ2n) is 7.84. The van der Waals surface area contributed by atoms with Gasteiger partial charge in [-0.2, -0.15) is 0 Å². The largest absolute Gasteiger partial charge is 0.480 e. The van der Waals surface area contributed by atoms with Crippen LogP contribution in [0, 0.1) is 13.8 Å². The number of benzene rings is 3. The Morgan fingerprint density at radius 1 is 0.824 bits per heavy atom. The highest BCUT2D eigenvalue weighted by Crippen LogP contribution is 2.23. The number of carboxylic acid groups (broad SMARTS) is 1. The molecule has 0 unspecified atom stereocenters. The van der Waals surface area contributed by atoms with Gasteiger partial charge in [-0.05, 0) is 79.9 Å². The first-order valence-corrected chi connectivity index (χ1v) is 13.1. The summed E-state index contributed by atoms with van der Waals surface area (Å²) in [5.74, 6) is -1.15. The zero-order valence-electron chi connectivity index (χ0n) is 18.5. The topological polar surface area (TPSA) is 156 Å². The van der Waals surface area contributed by atoms with E-state index in [9.17, 15) is 21.6 Å². The fourth-order valence-corrected chi connectivity index (χ4v) is 5.23. The Kier molecular flexibility index (Phi) is 7.29. The molecule has 11 heteroatoms. The molecule has 9 nitrogen and oxygen atoms in total. The Morgan fingerprint density at radius 2 is 1.29 bits per heavy atom. The lowest BCUT2D eigenvalue weighted by molar-refractivity contribution is -0.138. The van der Waals surface area contributed by atoms with E-state index in [1.54, 1.807) is 37.3 Å². The molecule has 0 aliphatic carbocycles. The van der Waals surface area contributed by atoms with Crippen molar-refractivity contribution in [3.8, 4) is 0 Å². The summed E-state index contributed by atoms with van der Waals surface area (Å²) in [5.41, 5.74) is 8.37. The maximum atomic E-state index is 12.8. The van der Waals surface area contributed by atoms with E-state index in [1.165, 1.54) is 36.4 Å². The lowest BCUT2D eigenvalue weighted by Crippen LogP contribution is -2.32. The Balaban J connectivity index is 1.76. The van der Waals surface area contributed by atoms with Gasteiger partial charge in [0.2, 0.25) is 0 Å². The summed E-state index contributed by atoms with van der Waals surface area (Å²) in [4.78, 5) is 11.1. The molecule has 0 heterocycles. The number of aliphatic carboxylic acids is 1. The van der Waals surface area contributed by atoms with Gasteiger partial charge in [0, 0.05) is 11.4 Å². The van der Waals surface area contributed by atoms with Crippen molar-refractivity contribution in [3.63, 3.8) is 0 Å². The minimum Gasteiger partial charge on any atom is -0.480 e. The van der Waals surface area contributed by atoms with Crippen LogP contribution in [0.3, 0.4) is 0 Å². The second-order valence-corrected chi connectivity index (χ2v) is 11.2. The molecule has 34 heavy (non-hydrogen) atoms. The van der Waals surface area contributed by atoms with Gasteiger partial charge < -0.3 is 10.8 Å². The minimum atomic E-state index is -3.98. The van der Waals surface area contributed by atoms with Crippen LogP contribution < -0.4 is 15.2 Å². The summed E-state index contributed by atoms with van der Waals surface area (Å²) in [5, 5.41) is 9.03. The predicted octanol–water partition coefficient (Wildman–Crippen LogP) is 2.86. The Morgan fingerprint density at radius 3 is 1.82 bits per heavy atom. The Hall–Kier alpha value is -3.41. The minimum absolute atomic E-state index is 0.0482. The van der Waals surface area contributed by atoms with E-state index in [-0.39, 0.29) is 27.6 Å². The molecule has 5 N–H and O–H groups in total. The number of anilines is 2. The first kappa shape index (κ1) is 25.2. The van der Waals surface area contributed by atoms with E-state index < -0.39 is 32.1 Å². The van der Waals surface area contributed by atoms with Crippen molar-refractivity contribution >= 4 is 37.4 Å². The normalized spacial score (nSPS) is 12.7. The SMILES string of the molecule is Cc1ccc(S(=O)(=O)Nc2ccc(S(=O)(=O)Nc3ccc(C)c(C[C@H](N)C(=O)O)c3)cc2)cc1. The van der Waals surface area contributed by atoms with E-state index in [2.05, 4.69) is 9.44 Å². The fraction of sp³-hybridized carbons (Fsp3) is 0.174. The van der Waals surface area contributed by atoms with Crippen LogP contribution in [0.5, 0.6) is 0 Å². The first-order valence-electron chi connectivity index (χ1n) is 10.2. The molecule has 3 rings (SSSR count). The molecular formula is C23H25N3O6S2. The molecule has 0 spiro atoms. The lowest BCUT2D eigenvalue weighted by atomic mass is 10.0. The Bertz CT molecular complexity index is 1400. The van der Waals surface area contributed by atoms with Crippen LogP contribution in [0.4, 0.5) is 11.4 Å². The van der Waals surface area contributed by atoms with Crippen molar-refractivity contribution in [2.75, 3.05) is 9.44 Å². The number of nitrogens with two attached hydrogens (primary N) is 1. The van der Waals surface area contributed by atoms with Crippen LogP contribution in [0.1, 0.15) is 16.7 Å². The fourth-order valence-electron chi connectivity index (χ4n) is 3.13. The van der Waals surface area contributed by atoms with Crippen molar-refractivity contribution in [3.05, 3.63) is 83.4 Å². The van der Waals surface area contributed by atoms with Crippen molar-refractivity contribution in [2.45, 2.75) is 36.1 Å². The molecular weight excluding hydrogens is 478 g/mol. The number of rotatable bonds is 9. The third kappa shape index (κ3) is 6.13. The molecule has 0 fully saturated rings. The highest BCUT2D eigenvalue weighted by atomic mass is 32.2. The number of sulfonamides is 2. The van der Waals surface area contributed by atoms with Gasteiger partial charge in [0.1, 0.15) is 6.04 Å². The molecule has 180 valence electrons. The standard InChI is InChI=1S/C23H25N3O6S2/c1-15-3-9-20(10-4-15)33(29,30)25-18-7-11-21(12-8-18)34(31,32)26-19-6-5-16(2)17(13-19)14-22(24)23(27)28/h3-13,22,25-26H,14,24H2,1-2H3,(H,27,28)/t22-/m0/s1. The van der Waals surface area contributed by atoms with E-state index >= 15 is 0 Å². The third-order valence-electron chi connectivity index (χ3n) is 5.11. The number of carboxylic acids is 1. The van der Waals surface area contributed by atoms with Crippen LogP contribution in [0.15, 0.2) is 76.5 Å². The van der Waals surface area contributed by atoms with Crippen molar-refractivity contribution in [1.29, 1.82) is 0 Å². The van der Waals surface area contributed by atoms with Crippen LogP contribution in [-0.4, -0.2) is 34.0 Å². The number of hydrogen-bond donors (Lipinski definition) is 4. The maximum Gasteiger partial charge on any atom is 0.320 e. The van der Waals surface area contributed by atoms with Crippen molar-refractivity contribution in [1.82, 2.24) is 0 Å². The van der Waals surface area contributed by atoms with Gasteiger partial charge >= 0.3 is 5.97 Å². The summed E-state index contributed by atoms with van der Waals surface area (Å²) in [6.45, 7) is 3.62. The maximum absolute atomic E-state index is 12.8. The number of hydrogen-bond acceptors (Lipinski definition) is 6. The highest BCUT2D eigenvalue weighted by molar-refractivity contribution is 7.93. The summed E-state index contributed by atoms with van der Waals surface area (Å²) < 4.78 is 55.5. The van der Waals surface area contributed by atoms with Gasteiger partial charge in [0.05, 0.1) is 9.79 Å². The molecule has 0 radical (unpaired) electrons. The van der Waals surface area contributed by atoms with Crippen LogP contribution in [-0.2, 0) is 31.3 Å². The van der Waals surface area contributed by atoms with E-state index in [0.717, 1.165) is 11.1 Å². The quantitative estimate of drug-likeness (QED) is 0.350. The smallest absolute Gasteiger partial charge is 0.320 e. The average molecular weight is 504 g/mol. The van der Waals surface area contributed by atoms with Gasteiger partial charge in [0.25, 0.3) is 20.0 Å². The van der Waals surface area contributed by atoms with Crippen LogP contribution >= 0.6 is 0 Å².